The van der Waals surface area contributed by atoms with E-state index in [1.807, 2.05) is 48.5 Å². The van der Waals surface area contributed by atoms with Crippen LogP contribution in [-0.4, -0.2) is 48.2 Å². The van der Waals surface area contributed by atoms with Crippen LogP contribution >= 0.6 is 0 Å². The second-order valence-electron chi connectivity index (χ2n) is 8.28. The first-order valence-corrected chi connectivity index (χ1v) is 12.4. The van der Waals surface area contributed by atoms with Crippen molar-refractivity contribution in [3.8, 4) is 22.8 Å². The van der Waals surface area contributed by atoms with E-state index in [0.29, 0.717) is 5.95 Å². The highest BCUT2D eigenvalue weighted by molar-refractivity contribution is 5.63. The monoisotopic (exact) mass is 462 g/mol. The molecule has 0 saturated carbocycles. The number of unbranched alkanes of at least 4 members (excludes halogenated alkanes) is 1. The third-order valence-corrected chi connectivity index (χ3v) is 5.84. The maximum atomic E-state index is 5.91. The molecule has 1 heterocycles. The summed E-state index contributed by atoms with van der Waals surface area (Å²) >= 11 is 0. The van der Waals surface area contributed by atoms with E-state index in [9.17, 15) is 0 Å². The van der Waals surface area contributed by atoms with Crippen LogP contribution in [0.4, 0.5) is 11.6 Å². The van der Waals surface area contributed by atoms with Crippen LogP contribution in [0.15, 0.2) is 54.6 Å². The summed E-state index contributed by atoms with van der Waals surface area (Å²) in [6.07, 6.45) is 4.17. The van der Waals surface area contributed by atoms with Crippen molar-refractivity contribution in [2.45, 2.75) is 46.5 Å². The molecule has 0 saturated heterocycles. The Morgan fingerprint density at radius 1 is 0.853 bits per heavy atom. The van der Waals surface area contributed by atoms with Crippen LogP contribution in [0.3, 0.4) is 0 Å². The summed E-state index contributed by atoms with van der Waals surface area (Å²) in [4.78, 5) is 11.9. The van der Waals surface area contributed by atoms with E-state index in [4.69, 9.17) is 19.4 Å². The van der Waals surface area contributed by atoms with Crippen molar-refractivity contribution in [3.05, 3.63) is 60.3 Å². The molecule has 0 aliphatic carbocycles. The Bertz CT molecular complexity index is 986. The molecule has 0 radical (unpaired) electrons. The highest BCUT2D eigenvalue weighted by Crippen LogP contribution is 2.25. The third-order valence-electron chi connectivity index (χ3n) is 5.84. The van der Waals surface area contributed by atoms with Gasteiger partial charge < -0.3 is 19.7 Å². The van der Waals surface area contributed by atoms with Crippen LogP contribution in [-0.2, 0) is 6.42 Å². The van der Waals surface area contributed by atoms with Crippen molar-refractivity contribution >= 4 is 11.6 Å². The average molecular weight is 463 g/mol. The molecule has 0 aliphatic rings. The third kappa shape index (κ3) is 7.73. The van der Waals surface area contributed by atoms with Gasteiger partial charge in [-0.25, -0.2) is 9.97 Å². The number of nitrogens with one attached hydrogen (secondary N) is 1. The number of aryl methyl sites for hydroxylation is 1. The number of rotatable bonds is 14. The second kappa shape index (κ2) is 13.6. The van der Waals surface area contributed by atoms with Gasteiger partial charge in [0.2, 0.25) is 5.95 Å². The van der Waals surface area contributed by atoms with Gasteiger partial charge in [0.15, 0.2) is 0 Å². The number of hydrogen-bond acceptors (Lipinski definition) is 6. The van der Waals surface area contributed by atoms with Crippen LogP contribution in [0.5, 0.6) is 11.5 Å². The molecule has 0 fully saturated rings. The standard InChI is InChI=1S/C28H38N4O2/c1-5-8-10-24-21-27(22-11-15-25(33-4)16-12-22)31-28(30-24)29-23-13-17-26(18-14-23)34-20-9-19-32(6-2)7-3/h11-18,21H,5-10,19-20H2,1-4H3,(H,29,30,31). The van der Waals surface area contributed by atoms with Crippen molar-refractivity contribution in [1.29, 1.82) is 0 Å². The summed E-state index contributed by atoms with van der Waals surface area (Å²) in [5.74, 6) is 2.31. The number of methoxy groups -OCH3 is 1. The predicted octanol–water partition coefficient (Wildman–Crippen LogP) is 6.35. The van der Waals surface area contributed by atoms with Crippen LogP contribution in [0.25, 0.3) is 11.3 Å². The van der Waals surface area contributed by atoms with E-state index >= 15 is 0 Å². The zero-order valence-electron chi connectivity index (χ0n) is 21.0. The van der Waals surface area contributed by atoms with Gasteiger partial charge in [0.05, 0.1) is 19.4 Å². The van der Waals surface area contributed by atoms with Gasteiger partial charge >= 0.3 is 0 Å². The SMILES string of the molecule is CCCCc1cc(-c2ccc(OC)cc2)nc(Nc2ccc(OCCCN(CC)CC)cc2)n1. The van der Waals surface area contributed by atoms with E-state index in [2.05, 4.69) is 37.1 Å². The average Bonchev–Trinajstić information content (AvgIpc) is 2.88. The van der Waals surface area contributed by atoms with E-state index in [-0.39, 0.29) is 0 Å². The molecule has 0 unspecified atom stereocenters. The molecule has 0 spiro atoms. The van der Waals surface area contributed by atoms with E-state index in [0.717, 1.165) is 86.1 Å². The molecule has 1 N–H and O–H groups in total. The summed E-state index contributed by atoms with van der Waals surface area (Å²) in [5.41, 5.74) is 3.92. The summed E-state index contributed by atoms with van der Waals surface area (Å²) in [6, 6.07) is 18.0. The first-order chi connectivity index (χ1) is 16.6. The van der Waals surface area contributed by atoms with Crippen molar-refractivity contribution < 1.29 is 9.47 Å². The fraction of sp³-hybridized carbons (Fsp3) is 0.429. The number of benzene rings is 2. The lowest BCUT2D eigenvalue weighted by Crippen LogP contribution is -2.25. The number of hydrogen-bond donors (Lipinski definition) is 1. The second-order valence-corrected chi connectivity index (χ2v) is 8.28. The summed E-state index contributed by atoms with van der Waals surface area (Å²) in [6.45, 7) is 10.5. The molecule has 6 heteroatoms. The molecule has 182 valence electrons. The Morgan fingerprint density at radius 2 is 1.56 bits per heavy atom. The first-order valence-electron chi connectivity index (χ1n) is 12.4. The Kier molecular flexibility index (Phi) is 10.2. The molecule has 0 bridgehead atoms. The molecule has 2 aromatic carbocycles. The minimum Gasteiger partial charge on any atom is -0.497 e. The fourth-order valence-electron chi connectivity index (χ4n) is 3.73. The summed E-state index contributed by atoms with van der Waals surface area (Å²) in [7, 11) is 1.67. The van der Waals surface area contributed by atoms with Crippen LogP contribution in [0.2, 0.25) is 0 Å². The smallest absolute Gasteiger partial charge is 0.227 e. The van der Waals surface area contributed by atoms with Crippen molar-refractivity contribution in [3.63, 3.8) is 0 Å². The van der Waals surface area contributed by atoms with Gasteiger partial charge in [0.1, 0.15) is 11.5 Å². The molecule has 0 aliphatic heterocycles. The number of aromatic nitrogens is 2. The van der Waals surface area contributed by atoms with Crippen LogP contribution in [0.1, 0.15) is 45.7 Å². The maximum Gasteiger partial charge on any atom is 0.227 e. The lowest BCUT2D eigenvalue weighted by atomic mass is 10.1. The van der Waals surface area contributed by atoms with Gasteiger partial charge in [-0.15, -0.1) is 0 Å². The maximum absolute atomic E-state index is 5.91. The predicted molar refractivity (Wildman–Crippen MR) is 140 cm³/mol. The summed E-state index contributed by atoms with van der Waals surface area (Å²) < 4.78 is 11.2. The van der Waals surface area contributed by atoms with Gasteiger partial charge in [-0.3, -0.25) is 0 Å². The molecule has 6 nitrogen and oxygen atoms in total. The number of ether oxygens (including phenoxy) is 2. The minimum atomic E-state index is 0.604. The molecule has 0 amide bonds. The summed E-state index contributed by atoms with van der Waals surface area (Å²) in [5, 5.41) is 3.37. The van der Waals surface area contributed by atoms with Gasteiger partial charge in [-0.2, -0.15) is 0 Å². The van der Waals surface area contributed by atoms with Gasteiger partial charge in [-0.05, 0) is 86.9 Å². The molecule has 3 rings (SSSR count). The highest BCUT2D eigenvalue weighted by atomic mass is 16.5. The zero-order chi connectivity index (χ0) is 24.2. The van der Waals surface area contributed by atoms with Gasteiger partial charge in [0.25, 0.3) is 0 Å². The molecular formula is C28H38N4O2. The van der Waals surface area contributed by atoms with E-state index in [1.165, 1.54) is 0 Å². The van der Waals surface area contributed by atoms with Crippen molar-refractivity contribution in [2.75, 3.05) is 38.7 Å². The first kappa shape index (κ1) is 25.5. The number of nitrogens with zero attached hydrogens (tertiary/aromatic N) is 3. The lowest BCUT2D eigenvalue weighted by Gasteiger charge is -2.17. The minimum absolute atomic E-state index is 0.604. The quantitative estimate of drug-likeness (QED) is 0.282. The highest BCUT2D eigenvalue weighted by Gasteiger charge is 2.08. The number of anilines is 2. The van der Waals surface area contributed by atoms with Crippen molar-refractivity contribution in [1.82, 2.24) is 14.9 Å². The Balaban J connectivity index is 1.67. The van der Waals surface area contributed by atoms with E-state index < -0.39 is 0 Å². The lowest BCUT2D eigenvalue weighted by molar-refractivity contribution is 0.249. The van der Waals surface area contributed by atoms with Gasteiger partial charge in [0, 0.05) is 23.5 Å². The molecular weight excluding hydrogens is 424 g/mol. The van der Waals surface area contributed by atoms with E-state index in [1.54, 1.807) is 7.11 Å². The Hall–Kier alpha value is -3.12. The fourth-order valence-corrected chi connectivity index (χ4v) is 3.73. The molecule has 34 heavy (non-hydrogen) atoms. The normalized spacial score (nSPS) is 11.0. The zero-order valence-corrected chi connectivity index (χ0v) is 21.0. The molecule has 1 aromatic heterocycles. The van der Waals surface area contributed by atoms with Gasteiger partial charge in [-0.1, -0.05) is 27.2 Å². The molecule has 0 atom stereocenters. The Morgan fingerprint density at radius 3 is 2.21 bits per heavy atom. The topological polar surface area (TPSA) is 59.5 Å². The van der Waals surface area contributed by atoms with Crippen LogP contribution < -0.4 is 14.8 Å². The van der Waals surface area contributed by atoms with Crippen LogP contribution in [0, 0.1) is 0 Å². The van der Waals surface area contributed by atoms with Crippen molar-refractivity contribution in [2.24, 2.45) is 0 Å². The molecule has 3 aromatic rings. The Labute approximate surface area is 204 Å². The largest absolute Gasteiger partial charge is 0.497 e.